The van der Waals surface area contributed by atoms with E-state index in [1.54, 1.807) is 0 Å². The van der Waals surface area contributed by atoms with Gasteiger partial charge in [-0.05, 0) is 73.0 Å². The summed E-state index contributed by atoms with van der Waals surface area (Å²) in [6.07, 6.45) is 6.02. The Bertz CT molecular complexity index is 766. The summed E-state index contributed by atoms with van der Waals surface area (Å²) in [5, 5.41) is 3.02. The van der Waals surface area contributed by atoms with Crippen molar-refractivity contribution in [3.63, 3.8) is 0 Å². The molecule has 1 aromatic heterocycles. The second kappa shape index (κ2) is 11.2. The van der Waals surface area contributed by atoms with Crippen molar-refractivity contribution in [3.05, 3.63) is 58.8 Å². The fraction of sp³-hybridized carbons (Fsp3) is 0.429. The third kappa shape index (κ3) is 5.84. The van der Waals surface area contributed by atoms with Gasteiger partial charge in [-0.25, -0.2) is 4.98 Å². The normalized spacial score (nSPS) is 14.9. The molecular formula is C21H30Cl2N4O. The summed E-state index contributed by atoms with van der Waals surface area (Å²) in [5.41, 5.74) is 10.4. The maximum atomic E-state index is 12.5. The molecule has 0 saturated heterocycles. The number of nitrogens with one attached hydrogen (secondary N) is 1. The first-order valence-corrected chi connectivity index (χ1v) is 9.32. The number of anilines is 1. The Balaban J connectivity index is 0.00000196. The Morgan fingerprint density at radius 3 is 2.68 bits per heavy atom. The molecule has 0 saturated carbocycles. The number of rotatable bonds is 6. The van der Waals surface area contributed by atoms with E-state index in [1.807, 2.05) is 43.4 Å². The molecule has 0 radical (unpaired) electrons. The molecule has 0 spiro atoms. The highest BCUT2D eigenvalue weighted by atomic mass is 35.5. The molecule has 1 aromatic carbocycles. The number of hydrogen-bond donors (Lipinski definition) is 2. The number of pyridine rings is 1. The van der Waals surface area contributed by atoms with Gasteiger partial charge in [0.2, 0.25) is 0 Å². The van der Waals surface area contributed by atoms with Crippen LogP contribution in [-0.2, 0) is 12.8 Å². The number of fused-ring (bicyclic) bond motifs is 1. The van der Waals surface area contributed by atoms with Crippen LogP contribution >= 0.6 is 24.8 Å². The van der Waals surface area contributed by atoms with E-state index in [2.05, 4.69) is 22.4 Å². The van der Waals surface area contributed by atoms with Crippen molar-refractivity contribution in [3.8, 4) is 0 Å². The van der Waals surface area contributed by atoms with E-state index >= 15 is 0 Å². The van der Waals surface area contributed by atoms with E-state index in [-0.39, 0.29) is 30.7 Å². The molecule has 1 unspecified atom stereocenters. The van der Waals surface area contributed by atoms with E-state index in [0.29, 0.717) is 19.0 Å². The number of benzene rings is 1. The van der Waals surface area contributed by atoms with Crippen LogP contribution in [0.4, 0.5) is 5.82 Å². The Morgan fingerprint density at radius 1 is 1.25 bits per heavy atom. The summed E-state index contributed by atoms with van der Waals surface area (Å²) >= 11 is 0. The molecule has 1 aliphatic carbocycles. The molecule has 28 heavy (non-hydrogen) atoms. The summed E-state index contributed by atoms with van der Waals surface area (Å²) in [4.78, 5) is 18.9. The number of nitrogens with two attached hydrogens (primary N) is 1. The molecule has 1 heterocycles. The highest BCUT2D eigenvalue weighted by molar-refractivity contribution is 5.94. The van der Waals surface area contributed by atoms with E-state index in [1.165, 1.54) is 17.5 Å². The molecular weight excluding hydrogens is 395 g/mol. The average molecular weight is 425 g/mol. The van der Waals surface area contributed by atoms with Crippen LogP contribution in [0.2, 0.25) is 0 Å². The van der Waals surface area contributed by atoms with Gasteiger partial charge in [0.05, 0.1) is 0 Å². The summed E-state index contributed by atoms with van der Waals surface area (Å²) in [6, 6.07) is 10.1. The molecule has 154 valence electrons. The zero-order valence-corrected chi connectivity index (χ0v) is 18.1. The van der Waals surface area contributed by atoms with E-state index < -0.39 is 0 Å². The maximum absolute atomic E-state index is 12.5. The Hall–Kier alpha value is -1.82. The van der Waals surface area contributed by atoms with Crippen LogP contribution in [0.25, 0.3) is 0 Å². The molecule has 1 atom stereocenters. The minimum atomic E-state index is -0.0213. The smallest absolute Gasteiger partial charge is 0.251 e. The number of nitrogens with zero attached hydrogens (tertiary/aromatic N) is 2. The monoisotopic (exact) mass is 424 g/mol. The molecule has 3 rings (SSSR count). The third-order valence-corrected chi connectivity index (χ3v) is 5.10. The molecule has 2 aromatic rings. The summed E-state index contributed by atoms with van der Waals surface area (Å²) in [5.74, 6) is 1.29. The fourth-order valence-electron chi connectivity index (χ4n) is 3.53. The molecule has 5 nitrogen and oxygen atoms in total. The highest BCUT2D eigenvalue weighted by Gasteiger charge is 2.20. The van der Waals surface area contributed by atoms with Crippen LogP contribution in [-0.4, -0.2) is 38.1 Å². The van der Waals surface area contributed by atoms with Crippen LogP contribution in [0.5, 0.6) is 0 Å². The molecule has 0 fully saturated rings. The predicted molar refractivity (Wildman–Crippen MR) is 120 cm³/mol. The molecule has 3 N–H and O–H groups in total. The first-order valence-electron chi connectivity index (χ1n) is 9.32. The van der Waals surface area contributed by atoms with Crippen molar-refractivity contribution in [1.82, 2.24) is 10.3 Å². The van der Waals surface area contributed by atoms with Crippen LogP contribution in [0.15, 0.2) is 36.5 Å². The molecule has 7 heteroatoms. The van der Waals surface area contributed by atoms with E-state index in [9.17, 15) is 4.79 Å². The van der Waals surface area contributed by atoms with Crippen molar-refractivity contribution < 1.29 is 4.79 Å². The van der Waals surface area contributed by atoms with E-state index in [0.717, 1.165) is 36.2 Å². The largest absolute Gasteiger partial charge is 0.363 e. The standard InChI is InChI=1S/C21H28N4O.2ClH/c1-25(2)20-9-6-15(14-24-20)10-11-23-21(26)17-8-7-16-4-3-5-18(13-22)19(16)12-17;;/h6-9,12,14,18H,3-5,10-11,13,22H2,1-2H3,(H,23,26);2*1H. The quantitative estimate of drug-likeness (QED) is 0.745. The molecule has 1 amide bonds. The number of carbonyl (C=O) groups excluding carboxylic acids is 1. The van der Waals surface area contributed by atoms with Gasteiger partial charge in [0.1, 0.15) is 5.82 Å². The van der Waals surface area contributed by atoms with Gasteiger partial charge in [0.15, 0.2) is 0 Å². The number of halogens is 2. The fourth-order valence-corrected chi connectivity index (χ4v) is 3.53. The first-order chi connectivity index (χ1) is 12.6. The third-order valence-electron chi connectivity index (χ3n) is 5.10. The lowest BCUT2D eigenvalue weighted by Gasteiger charge is -2.24. The van der Waals surface area contributed by atoms with Gasteiger partial charge in [-0.15, -0.1) is 24.8 Å². The number of carbonyl (C=O) groups is 1. The predicted octanol–water partition coefficient (Wildman–Crippen LogP) is 3.34. The van der Waals surface area contributed by atoms with Gasteiger partial charge >= 0.3 is 0 Å². The number of aryl methyl sites for hydroxylation is 1. The molecule has 1 aliphatic rings. The van der Waals surface area contributed by atoms with Crippen molar-refractivity contribution in [2.45, 2.75) is 31.6 Å². The summed E-state index contributed by atoms with van der Waals surface area (Å²) in [7, 11) is 3.94. The minimum Gasteiger partial charge on any atom is -0.363 e. The van der Waals surface area contributed by atoms with Crippen LogP contribution < -0.4 is 16.0 Å². The molecule has 0 bridgehead atoms. The zero-order chi connectivity index (χ0) is 18.5. The second-order valence-corrected chi connectivity index (χ2v) is 7.16. The lowest BCUT2D eigenvalue weighted by molar-refractivity contribution is 0.0954. The summed E-state index contributed by atoms with van der Waals surface area (Å²) < 4.78 is 0. The SMILES string of the molecule is CN(C)c1ccc(CCNC(=O)c2ccc3c(c2)C(CN)CCC3)cn1.Cl.Cl. The Labute approximate surface area is 179 Å². The van der Waals surface area contributed by atoms with Gasteiger partial charge in [-0.3, -0.25) is 4.79 Å². The first kappa shape index (κ1) is 24.2. The number of amides is 1. The van der Waals surface area contributed by atoms with Gasteiger partial charge < -0.3 is 16.0 Å². The maximum Gasteiger partial charge on any atom is 0.251 e. The van der Waals surface area contributed by atoms with Crippen molar-refractivity contribution in [2.24, 2.45) is 5.73 Å². The summed E-state index contributed by atoms with van der Waals surface area (Å²) in [6.45, 7) is 1.24. The van der Waals surface area contributed by atoms with Gasteiger partial charge in [-0.1, -0.05) is 12.1 Å². The number of hydrogen-bond acceptors (Lipinski definition) is 4. The van der Waals surface area contributed by atoms with Crippen molar-refractivity contribution >= 4 is 36.5 Å². The minimum absolute atomic E-state index is 0. The topological polar surface area (TPSA) is 71.2 Å². The van der Waals surface area contributed by atoms with Crippen LogP contribution in [0.3, 0.4) is 0 Å². The van der Waals surface area contributed by atoms with Crippen LogP contribution in [0.1, 0.15) is 45.8 Å². The lowest BCUT2D eigenvalue weighted by atomic mass is 9.82. The zero-order valence-electron chi connectivity index (χ0n) is 16.5. The average Bonchev–Trinajstić information content (AvgIpc) is 2.67. The Kier molecular flexibility index (Phi) is 9.73. The second-order valence-electron chi connectivity index (χ2n) is 7.16. The number of aromatic nitrogens is 1. The van der Waals surface area contributed by atoms with Gasteiger partial charge in [0, 0.05) is 32.4 Å². The van der Waals surface area contributed by atoms with Crippen molar-refractivity contribution in [2.75, 3.05) is 32.1 Å². The lowest BCUT2D eigenvalue weighted by Crippen LogP contribution is -2.26. The van der Waals surface area contributed by atoms with Crippen molar-refractivity contribution in [1.29, 1.82) is 0 Å². The van der Waals surface area contributed by atoms with Gasteiger partial charge in [-0.2, -0.15) is 0 Å². The molecule has 0 aliphatic heterocycles. The van der Waals surface area contributed by atoms with Gasteiger partial charge in [0.25, 0.3) is 5.91 Å². The van der Waals surface area contributed by atoms with E-state index in [4.69, 9.17) is 5.73 Å². The Morgan fingerprint density at radius 2 is 2.04 bits per heavy atom. The van der Waals surface area contributed by atoms with Crippen LogP contribution in [0, 0.1) is 0 Å². The highest BCUT2D eigenvalue weighted by Crippen LogP contribution is 2.31.